The number of fused-ring (bicyclic) bond motifs is 1. The van der Waals surface area contributed by atoms with Gasteiger partial charge < -0.3 is 9.47 Å². The maximum atomic E-state index is 6.61. The molecule has 0 aliphatic carbocycles. The van der Waals surface area contributed by atoms with Crippen molar-refractivity contribution in [1.82, 2.24) is 0 Å². The highest BCUT2D eigenvalue weighted by Crippen LogP contribution is 2.42. The number of alkyl halides is 1. The third kappa shape index (κ3) is 3.19. The van der Waals surface area contributed by atoms with Crippen molar-refractivity contribution in [3.8, 4) is 11.5 Å². The van der Waals surface area contributed by atoms with Gasteiger partial charge in [-0.1, -0.05) is 33.6 Å². The molecule has 1 unspecified atom stereocenters. The molecule has 2 nitrogen and oxygen atoms in total. The van der Waals surface area contributed by atoms with Crippen LogP contribution < -0.4 is 9.47 Å². The number of halogens is 4. The Kier molecular flexibility index (Phi) is 4.69. The van der Waals surface area contributed by atoms with Crippen LogP contribution in [-0.4, -0.2) is 13.2 Å². The van der Waals surface area contributed by atoms with Crippen LogP contribution in [-0.2, 0) is 0 Å². The normalized spacial score (nSPS) is 14.9. The minimum absolute atomic E-state index is 0.316. The van der Waals surface area contributed by atoms with Gasteiger partial charge in [0.2, 0.25) is 0 Å². The summed E-state index contributed by atoms with van der Waals surface area (Å²) in [5.74, 6) is 1.45. The second-order valence-corrected chi connectivity index (χ2v) is 7.11. The molecule has 1 atom stereocenters. The van der Waals surface area contributed by atoms with Crippen LogP contribution >= 0.6 is 55.1 Å². The third-order valence-corrected chi connectivity index (χ3v) is 5.56. The van der Waals surface area contributed by atoms with Crippen LogP contribution in [0.2, 0.25) is 5.02 Å². The first-order chi connectivity index (χ1) is 10.1. The van der Waals surface area contributed by atoms with E-state index in [1.54, 1.807) is 0 Å². The van der Waals surface area contributed by atoms with E-state index in [0.29, 0.717) is 18.2 Å². The van der Waals surface area contributed by atoms with Crippen molar-refractivity contribution in [3.63, 3.8) is 0 Å². The van der Waals surface area contributed by atoms with E-state index in [9.17, 15) is 0 Å². The molecule has 0 N–H and O–H groups in total. The maximum Gasteiger partial charge on any atom is 0.162 e. The Labute approximate surface area is 149 Å². The zero-order valence-corrected chi connectivity index (χ0v) is 15.4. The Morgan fingerprint density at radius 1 is 0.952 bits per heavy atom. The molecule has 0 saturated carbocycles. The molecule has 21 heavy (non-hydrogen) atoms. The van der Waals surface area contributed by atoms with Crippen LogP contribution in [0.1, 0.15) is 16.5 Å². The molecule has 0 radical (unpaired) electrons. The van der Waals surface area contributed by atoms with Gasteiger partial charge in [-0.05, 0) is 51.3 Å². The lowest BCUT2D eigenvalue weighted by Crippen LogP contribution is -2.15. The minimum Gasteiger partial charge on any atom is -0.486 e. The van der Waals surface area contributed by atoms with Crippen LogP contribution in [0.4, 0.5) is 0 Å². The van der Waals surface area contributed by atoms with Crippen molar-refractivity contribution >= 4 is 55.1 Å². The predicted octanol–water partition coefficient (Wildman–Crippen LogP) is 5.96. The van der Waals surface area contributed by atoms with E-state index in [1.165, 1.54) is 0 Å². The van der Waals surface area contributed by atoms with Crippen LogP contribution in [0.3, 0.4) is 0 Å². The van der Waals surface area contributed by atoms with Gasteiger partial charge in [0, 0.05) is 8.95 Å². The van der Waals surface area contributed by atoms with Crippen molar-refractivity contribution in [2.45, 2.75) is 5.38 Å². The number of hydrogen-bond acceptors (Lipinski definition) is 2. The molecule has 0 bridgehead atoms. The average Bonchev–Trinajstić information content (AvgIpc) is 2.48. The number of rotatable bonds is 2. The molecule has 0 amide bonds. The number of benzene rings is 2. The summed E-state index contributed by atoms with van der Waals surface area (Å²) in [6.07, 6.45) is 0. The molecule has 1 aliphatic rings. The summed E-state index contributed by atoms with van der Waals surface area (Å²) in [7, 11) is 0. The molecular formula is C15H10Br2Cl2O2. The van der Waals surface area contributed by atoms with Crippen LogP contribution in [0.25, 0.3) is 0 Å². The highest BCUT2D eigenvalue weighted by molar-refractivity contribution is 9.10. The first-order valence-corrected chi connectivity index (χ1v) is 8.64. The Morgan fingerprint density at radius 3 is 2.29 bits per heavy atom. The molecule has 0 saturated heterocycles. The molecule has 2 aromatic rings. The molecule has 2 aromatic carbocycles. The topological polar surface area (TPSA) is 18.5 Å². The van der Waals surface area contributed by atoms with Gasteiger partial charge in [-0.25, -0.2) is 0 Å². The zero-order valence-electron chi connectivity index (χ0n) is 10.7. The summed E-state index contributed by atoms with van der Waals surface area (Å²) in [5.41, 5.74) is 1.88. The fourth-order valence-electron chi connectivity index (χ4n) is 2.12. The van der Waals surface area contributed by atoms with E-state index in [2.05, 4.69) is 31.9 Å². The van der Waals surface area contributed by atoms with Gasteiger partial charge in [-0.3, -0.25) is 0 Å². The maximum absolute atomic E-state index is 6.61. The molecule has 1 heterocycles. The molecule has 3 rings (SSSR count). The Balaban J connectivity index is 2.00. The standard InChI is InChI=1S/C15H10Br2Cl2O2/c16-10-7-14-13(20-3-4-21-14)6-9(10)15(19)8-1-2-12(18)11(17)5-8/h1-2,5-7,15H,3-4H2. The lowest BCUT2D eigenvalue weighted by molar-refractivity contribution is 0.171. The van der Waals surface area contributed by atoms with E-state index < -0.39 is 0 Å². The van der Waals surface area contributed by atoms with Gasteiger partial charge in [-0.2, -0.15) is 0 Å². The lowest BCUT2D eigenvalue weighted by Gasteiger charge is -2.21. The van der Waals surface area contributed by atoms with Crippen molar-refractivity contribution in [2.24, 2.45) is 0 Å². The molecule has 0 aromatic heterocycles. The van der Waals surface area contributed by atoms with Gasteiger partial charge in [0.05, 0.1) is 10.4 Å². The molecule has 1 aliphatic heterocycles. The van der Waals surface area contributed by atoms with Crippen molar-refractivity contribution in [2.75, 3.05) is 13.2 Å². The Morgan fingerprint density at radius 2 is 1.62 bits per heavy atom. The zero-order chi connectivity index (χ0) is 15.0. The van der Waals surface area contributed by atoms with Crippen molar-refractivity contribution in [1.29, 1.82) is 0 Å². The molecule has 0 fully saturated rings. The summed E-state index contributed by atoms with van der Waals surface area (Å²) in [6, 6.07) is 9.46. The van der Waals surface area contributed by atoms with Crippen LogP contribution in [0, 0.1) is 0 Å². The Hall–Kier alpha value is -0.420. The summed E-state index contributed by atoms with van der Waals surface area (Å²) in [6.45, 7) is 1.11. The molecule has 6 heteroatoms. The molecule has 110 valence electrons. The highest BCUT2D eigenvalue weighted by atomic mass is 79.9. The predicted molar refractivity (Wildman–Crippen MR) is 92.0 cm³/mol. The smallest absolute Gasteiger partial charge is 0.162 e. The van der Waals surface area contributed by atoms with Crippen molar-refractivity contribution in [3.05, 3.63) is 55.4 Å². The largest absolute Gasteiger partial charge is 0.486 e. The lowest BCUT2D eigenvalue weighted by atomic mass is 10.0. The van der Waals surface area contributed by atoms with E-state index >= 15 is 0 Å². The first-order valence-electron chi connectivity index (χ1n) is 6.24. The van der Waals surface area contributed by atoms with Gasteiger partial charge in [0.1, 0.15) is 13.2 Å². The SMILES string of the molecule is Clc1ccc(C(Cl)c2cc3c(cc2Br)OCCO3)cc1Br. The summed E-state index contributed by atoms with van der Waals surface area (Å²) in [5, 5.41) is 0.340. The van der Waals surface area contributed by atoms with Gasteiger partial charge in [-0.15, -0.1) is 11.6 Å². The molecule has 0 spiro atoms. The summed E-state index contributed by atoms with van der Waals surface area (Å²) < 4.78 is 12.9. The van der Waals surface area contributed by atoms with E-state index in [1.807, 2.05) is 30.3 Å². The second-order valence-electron chi connectivity index (χ2n) is 4.55. The monoisotopic (exact) mass is 450 g/mol. The minimum atomic E-state index is -0.316. The summed E-state index contributed by atoms with van der Waals surface area (Å²) >= 11 is 19.6. The van der Waals surface area contributed by atoms with Gasteiger partial charge in [0.25, 0.3) is 0 Å². The third-order valence-electron chi connectivity index (χ3n) is 3.17. The van der Waals surface area contributed by atoms with Gasteiger partial charge in [0.15, 0.2) is 11.5 Å². The molecular weight excluding hydrogens is 443 g/mol. The van der Waals surface area contributed by atoms with Crippen molar-refractivity contribution < 1.29 is 9.47 Å². The summed E-state index contributed by atoms with van der Waals surface area (Å²) in [4.78, 5) is 0. The number of ether oxygens (including phenoxy) is 2. The van der Waals surface area contributed by atoms with Gasteiger partial charge >= 0.3 is 0 Å². The first kappa shape index (κ1) is 15.5. The average molecular weight is 453 g/mol. The Bertz CT molecular complexity index is 692. The van der Waals surface area contributed by atoms with Crippen LogP contribution in [0.5, 0.6) is 11.5 Å². The van der Waals surface area contributed by atoms with Crippen LogP contribution in [0.15, 0.2) is 39.3 Å². The fraction of sp³-hybridized carbons (Fsp3) is 0.200. The second kappa shape index (κ2) is 6.37. The van der Waals surface area contributed by atoms with E-state index in [-0.39, 0.29) is 5.38 Å². The quantitative estimate of drug-likeness (QED) is 0.523. The number of hydrogen-bond donors (Lipinski definition) is 0. The highest BCUT2D eigenvalue weighted by Gasteiger charge is 2.20. The van der Waals surface area contributed by atoms with E-state index in [4.69, 9.17) is 32.7 Å². The fourth-order valence-corrected chi connectivity index (χ4v) is 3.64. The van der Waals surface area contributed by atoms with E-state index in [0.717, 1.165) is 31.6 Å².